The molecule has 0 aromatic heterocycles. The van der Waals surface area contributed by atoms with Gasteiger partial charge in [-0.2, -0.15) is 8.42 Å². The van der Waals surface area contributed by atoms with Gasteiger partial charge in [-0.15, -0.1) is 4.40 Å². The number of carbonyl (C=O) groups is 2. The molecule has 3 rings (SSSR count). The molecule has 1 N–H and O–H groups in total. The number of carbonyl (C=O) groups excluding carboxylic acids is 2. The lowest BCUT2D eigenvalue weighted by Gasteiger charge is -2.13. The van der Waals surface area contributed by atoms with Crippen molar-refractivity contribution in [3.05, 3.63) is 53.6 Å². The number of anilines is 1. The summed E-state index contributed by atoms with van der Waals surface area (Å²) < 4.78 is 34.2. The summed E-state index contributed by atoms with van der Waals surface area (Å²) in [5.74, 6) is -0.0721. The van der Waals surface area contributed by atoms with Crippen LogP contribution < -0.4 is 10.1 Å². The monoisotopic (exact) mass is 481 g/mol. The molecule has 164 valence electrons. The summed E-state index contributed by atoms with van der Waals surface area (Å²) in [6, 6.07) is 12.4. The Morgan fingerprint density at radius 2 is 1.84 bits per heavy atom. The first-order valence-electron chi connectivity index (χ1n) is 9.26. The van der Waals surface area contributed by atoms with Crippen LogP contribution >= 0.6 is 23.4 Å². The first kappa shape index (κ1) is 23.1. The average molecular weight is 482 g/mol. The predicted molar refractivity (Wildman–Crippen MR) is 121 cm³/mol. The summed E-state index contributed by atoms with van der Waals surface area (Å²) in [5, 5.41) is 2.40. The molecule has 1 atom stereocenters. The SMILES string of the molecule is CCN1C(=O)C(CC(=O)Nc2ccc(OC)cc2)S/C1=N\S(=O)(=O)c1ccc(Cl)cc1. The van der Waals surface area contributed by atoms with E-state index in [0.29, 0.717) is 16.5 Å². The van der Waals surface area contributed by atoms with Gasteiger partial charge in [0, 0.05) is 23.7 Å². The lowest BCUT2D eigenvalue weighted by atomic mass is 10.2. The number of halogens is 1. The van der Waals surface area contributed by atoms with Crippen molar-refractivity contribution in [1.82, 2.24) is 4.90 Å². The fourth-order valence-electron chi connectivity index (χ4n) is 2.82. The van der Waals surface area contributed by atoms with E-state index in [1.54, 1.807) is 38.3 Å². The highest BCUT2D eigenvalue weighted by Gasteiger charge is 2.39. The van der Waals surface area contributed by atoms with Crippen molar-refractivity contribution >= 4 is 56.1 Å². The number of methoxy groups -OCH3 is 1. The fourth-order valence-corrected chi connectivity index (χ4v) is 5.36. The van der Waals surface area contributed by atoms with Gasteiger partial charge in [0.05, 0.1) is 12.0 Å². The normalized spacial score (nSPS) is 17.8. The summed E-state index contributed by atoms with van der Waals surface area (Å²) in [7, 11) is -2.49. The van der Waals surface area contributed by atoms with E-state index in [9.17, 15) is 18.0 Å². The van der Waals surface area contributed by atoms with Crippen LogP contribution in [-0.4, -0.2) is 49.2 Å². The Bertz CT molecular complexity index is 1100. The molecule has 1 saturated heterocycles. The number of nitrogens with zero attached hydrogens (tertiary/aromatic N) is 2. The molecule has 2 aromatic carbocycles. The number of hydrogen-bond donors (Lipinski definition) is 1. The van der Waals surface area contributed by atoms with Gasteiger partial charge in [0.15, 0.2) is 5.17 Å². The standard InChI is InChI=1S/C20H20ClN3O5S2/c1-3-24-19(26)17(12-18(25)22-14-6-8-15(29-2)9-7-14)30-20(24)23-31(27,28)16-10-4-13(21)5-11-16/h4-11,17H,3,12H2,1-2H3,(H,22,25)/b23-20-. The summed E-state index contributed by atoms with van der Waals surface area (Å²) in [6.07, 6.45) is -0.119. The molecule has 1 unspecified atom stereocenters. The smallest absolute Gasteiger partial charge is 0.284 e. The molecule has 1 aliphatic rings. The van der Waals surface area contributed by atoms with Crippen LogP contribution in [0.15, 0.2) is 57.8 Å². The molecule has 8 nitrogen and oxygen atoms in total. The van der Waals surface area contributed by atoms with E-state index >= 15 is 0 Å². The van der Waals surface area contributed by atoms with E-state index in [1.165, 1.54) is 29.2 Å². The van der Waals surface area contributed by atoms with Gasteiger partial charge in [-0.3, -0.25) is 14.5 Å². The second kappa shape index (κ2) is 9.71. The second-order valence-electron chi connectivity index (χ2n) is 6.47. The molecule has 0 radical (unpaired) electrons. The molecule has 31 heavy (non-hydrogen) atoms. The van der Waals surface area contributed by atoms with E-state index in [0.717, 1.165) is 11.8 Å². The maximum absolute atomic E-state index is 12.7. The van der Waals surface area contributed by atoms with Crippen molar-refractivity contribution in [2.75, 3.05) is 19.0 Å². The molecule has 0 saturated carbocycles. The third-order valence-corrected chi connectivity index (χ3v) is 7.21. The van der Waals surface area contributed by atoms with Crippen LogP contribution in [0.3, 0.4) is 0 Å². The van der Waals surface area contributed by atoms with Crippen molar-refractivity contribution in [3.8, 4) is 5.75 Å². The van der Waals surface area contributed by atoms with Crippen LogP contribution in [0.25, 0.3) is 0 Å². The zero-order valence-electron chi connectivity index (χ0n) is 16.7. The Morgan fingerprint density at radius 1 is 1.19 bits per heavy atom. The van der Waals surface area contributed by atoms with Gasteiger partial charge in [-0.05, 0) is 55.5 Å². The van der Waals surface area contributed by atoms with Crippen molar-refractivity contribution in [3.63, 3.8) is 0 Å². The van der Waals surface area contributed by atoms with Crippen molar-refractivity contribution in [1.29, 1.82) is 0 Å². The fraction of sp³-hybridized carbons (Fsp3) is 0.250. The highest BCUT2D eigenvalue weighted by molar-refractivity contribution is 8.16. The van der Waals surface area contributed by atoms with E-state index in [-0.39, 0.29) is 34.8 Å². The van der Waals surface area contributed by atoms with Crippen molar-refractivity contribution in [2.24, 2.45) is 4.40 Å². The first-order valence-corrected chi connectivity index (χ1v) is 12.0. The summed E-state index contributed by atoms with van der Waals surface area (Å²) in [4.78, 5) is 26.3. The molecule has 2 aromatic rings. The maximum Gasteiger partial charge on any atom is 0.284 e. The van der Waals surface area contributed by atoms with Gasteiger partial charge < -0.3 is 10.1 Å². The number of benzene rings is 2. The molecular weight excluding hydrogens is 462 g/mol. The molecule has 1 aliphatic heterocycles. The predicted octanol–water partition coefficient (Wildman–Crippen LogP) is 3.39. The number of amidine groups is 1. The van der Waals surface area contributed by atoms with Crippen LogP contribution in [0.1, 0.15) is 13.3 Å². The molecule has 0 aliphatic carbocycles. The van der Waals surface area contributed by atoms with Gasteiger partial charge in [0.25, 0.3) is 10.0 Å². The molecule has 1 heterocycles. The highest BCUT2D eigenvalue weighted by atomic mass is 35.5. The lowest BCUT2D eigenvalue weighted by Crippen LogP contribution is -2.33. The number of hydrogen-bond acceptors (Lipinski definition) is 6. The van der Waals surface area contributed by atoms with Crippen LogP contribution in [0.4, 0.5) is 5.69 Å². The number of thioether (sulfide) groups is 1. The van der Waals surface area contributed by atoms with Gasteiger partial charge in [0.1, 0.15) is 11.0 Å². The van der Waals surface area contributed by atoms with Gasteiger partial charge in [0.2, 0.25) is 11.8 Å². The molecule has 0 bridgehead atoms. The minimum absolute atomic E-state index is 0.0331. The Kier molecular flexibility index (Phi) is 7.24. The number of ether oxygens (including phenoxy) is 1. The minimum atomic E-state index is -4.03. The number of nitrogens with one attached hydrogen (secondary N) is 1. The topological polar surface area (TPSA) is 105 Å². The van der Waals surface area contributed by atoms with Crippen LogP contribution in [0, 0.1) is 0 Å². The zero-order chi connectivity index (χ0) is 22.6. The van der Waals surface area contributed by atoms with Gasteiger partial charge in [-0.1, -0.05) is 23.4 Å². The molecular formula is C20H20ClN3O5S2. The maximum atomic E-state index is 12.7. The van der Waals surface area contributed by atoms with Crippen molar-refractivity contribution < 1.29 is 22.7 Å². The van der Waals surface area contributed by atoms with E-state index in [4.69, 9.17) is 16.3 Å². The zero-order valence-corrected chi connectivity index (χ0v) is 19.1. The Labute approximate surface area is 189 Å². The van der Waals surface area contributed by atoms with E-state index < -0.39 is 15.3 Å². The van der Waals surface area contributed by atoms with E-state index in [1.807, 2.05) is 0 Å². The molecule has 2 amide bonds. The van der Waals surface area contributed by atoms with Gasteiger partial charge >= 0.3 is 0 Å². The summed E-state index contributed by atoms with van der Waals surface area (Å²) in [6.45, 7) is 1.94. The quantitative estimate of drug-likeness (QED) is 0.649. The third kappa shape index (κ3) is 5.57. The van der Waals surface area contributed by atoms with Gasteiger partial charge in [-0.25, -0.2) is 0 Å². The van der Waals surface area contributed by atoms with E-state index in [2.05, 4.69) is 9.71 Å². The summed E-state index contributed by atoms with van der Waals surface area (Å²) in [5.41, 5.74) is 0.563. The average Bonchev–Trinajstić information content (AvgIpc) is 3.02. The Morgan fingerprint density at radius 3 is 2.42 bits per heavy atom. The minimum Gasteiger partial charge on any atom is -0.497 e. The number of rotatable bonds is 7. The lowest BCUT2D eigenvalue weighted by molar-refractivity contribution is -0.128. The molecule has 0 spiro atoms. The summed E-state index contributed by atoms with van der Waals surface area (Å²) >= 11 is 6.77. The molecule has 11 heteroatoms. The molecule has 1 fully saturated rings. The Hall–Kier alpha value is -2.56. The van der Waals surface area contributed by atoms with Crippen LogP contribution in [-0.2, 0) is 19.6 Å². The highest BCUT2D eigenvalue weighted by Crippen LogP contribution is 2.31. The second-order valence-corrected chi connectivity index (χ2v) is 9.68. The van der Waals surface area contributed by atoms with Crippen LogP contribution in [0.5, 0.6) is 5.75 Å². The largest absolute Gasteiger partial charge is 0.497 e. The Balaban J connectivity index is 1.73. The first-order chi connectivity index (χ1) is 14.7. The van der Waals surface area contributed by atoms with Crippen LogP contribution in [0.2, 0.25) is 5.02 Å². The number of sulfonamides is 1. The third-order valence-electron chi connectivity index (χ3n) is 4.39. The number of amides is 2. The van der Waals surface area contributed by atoms with Crippen molar-refractivity contribution in [2.45, 2.75) is 23.5 Å².